The Kier molecular flexibility index (Phi) is 3.09. The first kappa shape index (κ1) is 9.52. The van der Waals surface area contributed by atoms with Crippen LogP contribution in [0.15, 0.2) is 0 Å². The summed E-state index contributed by atoms with van der Waals surface area (Å²) in [7, 11) is 0. The summed E-state index contributed by atoms with van der Waals surface area (Å²) in [4.78, 5) is 13.2. The van der Waals surface area contributed by atoms with E-state index in [4.69, 9.17) is 0 Å². The van der Waals surface area contributed by atoms with Crippen LogP contribution in [0.5, 0.6) is 0 Å². The molecule has 3 heteroatoms. The Balaban J connectivity index is 2.34. The van der Waals surface area contributed by atoms with Crippen molar-refractivity contribution in [1.82, 2.24) is 10.2 Å². The van der Waals surface area contributed by atoms with Crippen LogP contribution in [0.25, 0.3) is 0 Å². The molecule has 1 fully saturated rings. The second kappa shape index (κ2) is 3.90. The summed E-state index contributed by atoms with van der Waals surface area (Å²) >= 11 is 0. The van der Waals surface area contributed by atoms with Crippen LogP contribution in [0.2, 0.25) is 0 Å². The SMILES string of the molecule is CC(C)CCN1C(=O)CNC1C. The highest BCUT2D eigenvalue weighted by molar-refractivity contribution is 5.80. The summed E-state index contributed by atoms with van der Waals surface area (Å²) in [6.07, 6.45) is 1.33. The molecule has 0 aromatic carbocycles. The van der Waals surface area contributed by atoms with E-state index in [1.807, 2.05) is 11.8 Å². The standard InChI is InChI=1S/C9H18N2O/c1-7(2)4-5-11-8(3)10-6-9(11)12/h7-8,10H,4-6H2,1-3H3. The molecule has 0 aromatic heterocycles. The van der Waals surface area contributed by atoms with Gasteiger partial charge in [-0.25, -0.2) is 0 Å². The maximum atomic E-state index is 11.3. The third-order valence-electron chi connectivity index (χ3n) is 2.28. The molecule has 0 aliphatic carbocycles. The van der Waals surface area contributed by atoms with Gasteiger partial charge in [-0.15, -0.1) is 0 Å². The van der Waals surface area contributed by atoms with E-state index in [1.54, 1.807) is 0 Å². The quantitative estimate of drug-likeness (QED) is 0.680. The van der Waals surface area contributed by atoms with Crippen molar-refractivity contribution >= 4 is 5.91 Å². The van der Waals surface area contributed by atoms with Crippen molar-refractivity contribution in [2.75, 3.05) is 13.1 Å². The number of nitrogens with one attached hydrogen (secondary N) is 1. The number of carbonyl (C=O) groups excluding carboxylic acids is 1. The zero-order valence-corrected chi connectivity index (χ0v) is 8.13. The molecule has 70 valence electrons. The molecule has 0 saturated carbocycles. The Morgan fingerprint density at radius 3 is 2.75 bits per heavy atom. The van der Waals surface area contributed by atoms with Crippen LogP contribution in [0.1, 0.15) is 27.2 Å². The molecule has 0 radical (unpaired) electrons. The predicted molar refractivity (Wildman–Crippen MR) is 48.6 cm³/mol. The number of amides is 1. The zero-order chi connectivity index (χ0) is 9.14. The Morgan fingerprint density at radius 2 is 2.33 bits per heavy atom. The molecule has 1 N–H and O–H groups in total. The maximum Gasteiger partial charge on any atom is 0.237 e. The van der Waals surface area contributed by atoms with Gasteiger partial charge in [0.05, 0.1) is 12.7 Å². The number of hydrogen-bond donors (Lipinski definition) is 1. The lowest BCUT2D eigenvalue weighted by molar-refractivity contribution is -0.127. The fourth-order valence-corrected chi connectivity index (χ4v) is 1.38. The van der Waals surface area contributed by atoms with Gasteiger partial charge in [0.15, 0.2) is 0 Å². The lowest BCUT2D eigenvalue weighted by Gasteiger charge is -2.21. The number of rotatable bonds is 3. The third kappa shape index (κ3) is 2.21. The van der Waals surface area contributed by atoms with Gasteiger partial charge >= 0.3 is 0 Å². The van der Waals surface area contributed by atoms with E-state index in [1.165, 1.54) is 0 Å². The summed E-state index contributed by atoms with van der Waals surface area (Å²) in [6, 6.07) is 0. The van der Waals surface area contributed by atoms with Crippen LogP contribution < -0.4 is 5.32 Å². The smallest absolute Gasteiger partial charge is 0.237 e. The molecule has 3 nitrogen and oxygen atoms in total. The van der Waals surface area contributed by atoms with E-state index in [0.29, 0.717) is 12.5 Å². The molecular weight excluding hydrogens is 152 g/mol. The first-order valence-corrected chi connectivity index (χ1v) is 4.64. The second-order valence-electron chi connectivity index (χ2n) is 3.83. The van der Waals surface area contributed by atoms with Crippen molar-refractivity contribution in [3.8, 4) is 0 Å². The van der Waals surface area contributed by atoms with Crippen LogP contribution in [-0.4, -0.2) is 30.1 Å². The van der Waals surface area contributed by atoms with Crippen LogP contribution in [0.4, 0.5) is 0 Å². The molecule has 1 amide bonds. The van der Waals surface area contributed by atoms with Gasteiger partial charge in [0.25, 0.3) is 0 Å². The molecule has 0 spiro atoms. The monoisotopic (exact) mass is 170 g/mol. The molecule has 0 aromatic rings. The van der Waals surface area contributed by atoms with Crippen molar-refractivity contribution < 1.29 is 4.79 Å². The van der Waals surface area contributed by atoms with E-state index < -0.39 is 0 Å². The highest BCUT2D eigenvalue weighted by Crippen LogP contribution is 2.08. The molecule has 0 bridgehead atoms. The van der Waals surface area contributed by atoms with E-state index in [9.17, 15) is 4.79 Å². The van der Waals surface area contributed by atoms with Crippen LogP contribution >= 0.6 is 0 Å². The Hall–Kier alpha value is -0.570. The van der Waals surface area contributed by atoms with Crippen LogP contribution in [0, 0.1) is 5.92 Å². The average molecular weight is 170 g/mol. The van der Waals surface area contributed by atoms with E-state index in [2.05, 4.69) is 19.2 Å². The summed E-state index contributed by atoms with van der Waals surface area (Å²) in [5, 5.41) is 3.12. The molecule has 1 rings (SSSR count). The van der Waals surface area contributed by atoms with E-state index >= 15 is 0 Å². The summed E-state index contributed by atoms with van der Waals surface area (Å²) in [6.45, 7) is 7.80. The zero-order valence-electron chi connectivity index (χ0n) is 8.13. The summed E-state index contributed by atoms with van der Waals surface area (Å²) < 4.78 is 0. The van der Waals surface area contributed by atoms with Gasteiger partial charge in [-0.2, -0.15) is 0 Å². The van der Waals surface area contributed by atoms with Gasteiger partial charge in [0, 0.05) is 6.54 Å². The van der Waals surface area contributed by atoms with Crippen molar-refractivity contribution in [2.24, 2.45) is 5.92 Å². The minimum absolute atomic E-state index is 0.233. The Morgan fingerprint density at radius 1 is 1.67 bits per heavy atom. The molecular formula is C9H18N2O. The van der Waals surface area contributed by atoms with Crippen molar-refractivity contribution in [3.05, 3.63) is 0 Å². The van der Waals surface area contributed by atoms with Crippen LogP contribution in [0.3, 0.4) is 0 Å². The van der Waals surface area contributed by atoms with Crippen molar-refractivity contribution in [2.45, 2.75) is 33.4 Å². The number of hydrogen-bond acceptors (Lipinski definition) is 2. The molecule has 1 saturated heterocycles. The molecule has 12 heavy (non-hydrogen) atoms. The van der Waals surface area contributed by atoms with E-state index in [-0.39, 0.29) is 12.1 Å². The molecule has 1 aliphatic heterocycles. The summed E-state index contributed by atoms with van der Waals surface area (Å²) in [5.74, 6) is 0.911. The van der Waals surface area contributed by atoms with Crippen LogP contribution in [-0.2, 0) is 4.79 Å². The fraction of sp³-hybridized carbons (Fsp3) is 0.889. The van der Waals surface area contributed by atoms with Crippen molar-refractivity contribution in [3.63, 3.8) is 0 Å². The van der Waals surface area contributed by atoms with Gasteiger partial charge < -0.3 is 4.90 Å². The molecule has 1 unspecified atom stereocenters. The Labute approximate surface area is 74.1 Å². The van der Waals surface area contributed by atoms with Gasteiger partial charge in [-0.3, -0.25) is 10.1 Å². The molecule has 1 aliphatic rings. The lowest BCUT2D eigenvalue weighted by atomic mass is 10.1. The minimum Gasteiger partial charge on any atom is -0.326 e. The van der Waals surface area contributed by atoms with Gasteiger partial charge in [0.1, 0.15) is 0 Å². The number of carbonyl (C=O) groups is 1. The second-order valence-corrected chi connectivity index (χ2v) is 3.83. The van der Waals surface area contributed by atoms with Gasteiger partial charge in [-0.05, 0) is 19.3 Å². The first-order valence-electron chi connectivity index (χ1n) is 4.64. The van der Waals surface area contributed by atoms with Gasteiger partial charge in [-0.1, -0.05) is 13.8 Å². The minimum atomic E-state index is 0.233. The normalized spacial score (nSPS) is 24.2. The lowest BCUT2D eigenvalue weighted by Crippen LogP contribution is -2.35. The number of nitrogens with zero attached hydrogens (tertiary/aromatic N) is 1. The predicted octanol–water partition coefficient (Wildman–Crippen LogP) is 0.810. The highest BCUT2D eigenvalue weighted by atomic mass is 16.2. The highest BCUT2D eigenvalue weighted by Gasteiger charge is 2.25. The maximum absolute atomic E-state index is 11.3. The van der Waals surface area contributed by atoms with E-state index in [0.717, 1.165) is 13.0 Å². The largest absolute Gasteiger partial charge is 0.326 e. The van der Waals surface area contributed by atoms with Gasteiger partial charge in [0.2, 0.25) is 5.91 Å². The Bertz CT molecular complexity index is 168. The first-order chi connectivity index (χ1) is 5.61. The fourth-order valence-electron chi connectivity index (χ4n) is 1.38. The molecule has 1 atom stereocenters. The van der Waals surface area contributed by atoms with Crippen molar-refractivity contribution in [1.29, 1.82) is 0 Å². The summed E-state index contributed by atoms with van der Waals surface area (Å²) in [5.41, 5.74) is 0. The third-order valence-corrected chi connectivity index (χ3v) is 2.28. The topological polar surface area (TPSA) is 32.3 Å². The average Bonchev–Trinajstić information content (AvgIpc) is 2.28. The molecule has 1 heterocycles.